The molecule has 2 rings (SSSR count). The zero-order chi connectivity index (χ0) is 11.6. The second-order valence-corrected chi connectivity index (χ2v) is 6.84. The molecule has 0 aliphatic carbocycles. The first kappa shape index (κ1) is 11.9. The molecule has 92 valence electrons. The molecule has 6 heteroatoms. The summed E-state index contributed by atoms with van der Waals surface area (Å²) in [5, 5.41) is 5.94. The molecule has 0 aromatic carbocycles. The molecule has 0 bridgehead atoms. The molecule has 1 unspecified atom stereocenters. The van der Waals surface area contributed by atoms with Gasteiger partial charge in [0.15, 0.2) is 9.84 Å². The monoisotopic (exact) mass is 246 g/mol. The van der Waals surface area contributed by atoms with Gasteiger partial charge in [-0.3, -0.25) is 4.79 Å². The van der Waals surface area contributed by atoms with Crippen LogP contribution in [0.4, 0.5) is 0 Å². The lowest BCUT2D eigenvalue weighted by molar-refractivity contribution is -0.123. The maximum Gasteiger partial charge on any atom is 0.237 e. The smallest absolute Gasteiger partial charge is 0.237 e. The van der Waals surface area contributed by atoms with Crippen LogP contribution in [0.3, 0.4) is 0 Å². The predicted molar refractivity (Wildman–Crippen MR) is 60.8 cm³/mol. The molecule has 5 nitrogen and oxygen atoms in total. The molecule has 2 aliphatic heterocycles. The largest absolute Gasteiger partial charge is 0.351 e. The number of carbonyl (C=O) groups excluding carboxylic acids is 1. The maximum absolute atomic E-state index is 11.8. The Labute approximate surface area is 95.9 Å². The van der Waals surface area contributed by atoms with E-state index in [1.54, 1.807) is 0 Å². The molecule has 2 heterocycles. The molecule has 0 spiro atoms. The third kappa shape index (κ3) is 2.95. The average molecular weight is 246 g/mol. The van der Waals surface area contributed by atoms with Crippen molar-refractivity contribution in [2.45, 2.75) is 37.8 Å². The quantitative estimate of drug-likeness (QED) is 0.684. The van der Waals surface area contributed by atoms with Crippen LogP contribution >= 0.6 is 0 Å². The Kier molecular flexibility index (Phi) is 3.49. The number of amides is 1. The summed E-state index contributed by atoms with van der Waals surface area (Å²) in [5.74, 6) is 0.326. The molecule has 0 radical (unpaired) electrons. The average Bonchev–Trinajstić information content (AvgIpc) is 2.68. The summed E-state index contributed by atoms with van der Waals surface area (Å²) in [6.45, 7) is 0.876. The van der Waals surface area contributed by atoms with E-state index in [2.05, 4.69) is 10.6 Å². The van der Waals surface area contributed by atoms with E-state index in [-0.39, 0.29) is 29.5 Å². The van der Waals surface area contributed by atoms with Gasteiger partial charge in [0.1, 0.15) is 0 Å². The van der Waals surface area contributed by atoms with Crippen LogP contribution in [0.1, 0.15) is 25.7 Å². The Morgan fingerprint density at radius 3 is 2.69 bits per heavy atom. The van der Waals surface area contributed by atoms with Gasteiger partial charge in [0, 0.05) is 6.04 Å². The number of hydrogen-bond acceptors (Lipinski definition) is 4. The molecular weight excluding hydrogens is 228 g/mol. The van der Waals surface area contributed by atoms with Gasteiger partial charge < -0.3 is 10.6 Å². The van der Waals surface area contributed by atoms with Crippen molar-refractivity contribution in [1.82, 2.24) is 10.6 Å². The highest BCUT2D eigenvalue weighted by Gasteiger charge is 2.29. The lowest BCUT2D eigenvalue weighted by Crippen LogP contribution is -2.49. The molecule has 2 fully saturated rings. The first-order chi connectivity index (χ1) is 7.57. The van der Waals surface area contributed by atoms with E-state index in [1.165, 1.54) is 0 Å². The van der Waals surface area contributed by atoms with Crippen LogP contribution < -0.4 is 10.6 Å². The van der Waals surface area contributed by atoms with Gasteiger partial charge in [0.25, 0.3) is 0 Å². The second kappa shape index (κ2) is 4.71. The minimum absolute atomic E-state index is 0.0420. The van der Waals surface area contributed by atoms with E-state index in [0.717, 1.165) is 25.8 Å². The zero-order valence-corrected chi connectivity index (χ0v) is 10.1. The number of rotatable bonds is 2. The SMILES string of the molecule is O=C(NC1CCCS(=O)(=O)C1)[C@H]1CCCN1. The Morgan fingerprint density at radius 2 is 2.06 bits per heavy atom. The molecule has 0 aromatic rings. The molecule has 2 atom stereocenters. The number of sulfone groups is 1. The minimum Gasteiger partial charge on any atom is -0.351 e. The van der Waals surface area contributed by atoms with Crippen LogP contribution in [-0.4, -0.2) is 44.5 Å². The summed E-state index contributed by atoms with van der Waals surface area (Å²) in [7, 11) is -2.94. The molecule has 2 N–H and O–H groups in total. The fourth-order valence-corrected chi connectivity index (χ4v) is 3.98. The fraction of sp³-hybridized carbons (Fsp3) is 0.900. The first-order valence-corrected chi connectivity index (χ1v) is 7.63. The minimum atomic E-state index is -2.94. The highest BCUT2D eigenvalue weighted by atomic mass is 32.2. The van der Waals surface area contributed by atoms with Crippen LogP contribution in [0.15, 0.2) is 0 Å². The van der Waals surface area contributed by atoms with Crippen molar-refractivity contribution in [1.29, 1.82) is 0 Å². The molecule has 2 saturated heterocycles. The van der Waals surface area contributed by atoms with Gasteiger partial charge in [-0.2, -0.15) is 0 Å². The third-order valence-corrected chi connectivity index (χ3v) is 5.01. The molecule has 16 heavy (non-hydrogen) atoms. The number of nitrogens with one attached hydrogen (secondary N) is 2. The van der Waals surface area contributed by atoms with Gasteiger partial charge in [-0.25, -0.2) is 8.42 Å². The highest BCUT2D eigenvalue weighted by Crippen LogP contribution is 2.13. The van der Waals surface area contributed by atoms with E-state index < -0.39 is 9.84 Å². The molecule has 1 amide bonds. The van der Waals surface area contributed by atoms with E-state index in [9.17, 15) is 13.2 Å². The lowest BCUT2D eigenvalue weighted by Gasteiger charge is -2.24. The van der Waals surface area contributed by atoms with Crippen LogP contribution in [0.2, 0.25) is 0 Å². The topological polar surface area (TPSA) is 75.3 Å². The van der Waals surface area contributed by atoms with Crippen molar-refractivity contribution in [2.24, 2.45) is 0 Å². The maximum atomic E-state index is 11.8. The van der Waals surface area contributed by atoms with Crippen molar-refractivity contribution < 1.29 is 13.2 Å². The normalized spacial score (nSPS) is 33.5. The van der Waals surface area contributed by atoms with Crippen molar-refractivity contribution in [2.75, 3.05) is 18.1 Å². The van der Waals surface area contributed by atoms with Crippen LogP contribution in [0, 0.1) is 0 Å². The fourth-order valence-electron chi connectivity index (χ4n) is 2.35. The summed E-state index contributed by atoms with van der Waals surface area (Å²) < 4.78 is 22.8. The van der Waals surface area contributed by atoms with Crippen molar-refractivity contribution >= 4 is 15.7 Å². The number of hydrogen-bond donors (Lipinski definition) is 2. The van der Waals surface area contributed by atoms with Gasteiger partial charge in [0.05, 0.1) is 17.5 Å². The molecular formula is C10H18N2O3S. The van der Waals surface area contributed by atoms with Gasteiger partial charge in [0.2, 0.25) is 5.91 Å². The third-order valence-electron chi connectivity index (χ3n) is 3.19. The summed E-state index contributed by atoms with van der Waals surface area (Å²) in [5.41, 5.74) is 0. The Bertz CT molecular complexity index is 360. The molecule has 0 aromatic heterocycles. The standard InChI is InChI=1S/C10H18N2O3S/c13-10(9-4-1-5-11-9)12-8-3-2-6-16(14,15)7-8/h8-9,11H,1-7H2,(H,12,13)/t8?,9-/m1/s1. The van der Waals surface area contributed by atoms with E-state index in [4.69, 9.17) is 0 Å². The van der Waals surface area contributed by atoms with Crippen molar-refractivity contribution in [3.8, 4) is 0 Å². The Balaban J connectivity index is 1.86. The number of carbonyl (C=O) groups is 1. The summed E-state index contributed by atoms with van der Waals surface area (Å²) in [6, 6.07) is -0.307. The Hall–Kier alpha value is -0.620. The zero-order valence-electron chi connectivity index (χ0n) is 9.24. The second-order valence-electron chi connectivity index (χ2n) is 4.61. The van der Waals surface area contributed by atoms with Gasteiger partial charge >= 0.3 is 0 Å². The first-order valence-electron chi connectivity index (χ1n) is 5.81. The highest BCUT2D eigenvalue weighted by molar-refractivity contribution is 7.91. The summed E-state index contributed by atoms with van der Waals surface area (Å²) >= 11 is 0. The summed E-state index contributed by atoms with van der Waals surface area (Å²) in [6.07, 6.45) is 3.30. The van der Waals surface area contributed by atoms with Gasteiger partial charge in [-0.05, 0) is 32.2 Å². The van der Waals surface area contributed by atoms with Crippen molar-refractivity contribution in [3.05, 3.63) is 0 Å². The van der Waals surface area contributed by atoms with Crippen LogP contribution in [0.5, 0.6) is 0 Å². The van der Waals surface area contributed by atoms with E-state index in [1.807, 2.05) is 0 Å². The van der Waals surface area contributed by atoms with Gasteiger partial charge in [-0.15, -0.1) is 0 Å². The Morgan fingerprint density at radius 1 is 1.25 bits per heavy atom. The lowest BCUT2D eigenvalue weighted by atomic mass is 10.1. The van der Waals surface area contributed by atoms with E-state index in [0.29, 0.717) is 6.42 Å². The molecule has 2 aliphatic rings. The van der Waals surface area contributed by atoms with E-state index >= 15 is 0 Å². The van der Waals surface area contributed by atoms with Gasteiger partial charge in [-0.1, -0.05) is 0 Å². The predicted octanol–water partition coefficient (Wildman–Crippen LogP) is -0.568. The van der Waals surface area contributed by atoms with Crippen LogP contribution in [-0.2, 0) is 14.6 Å². The molecule has 0 saturated carbocycles. The van der Waals surface area contributed by atoms with Crippen molar-refractivity contribution in [3.63, 3.8) is 0 Å². The summed E-state index contributed by atoms with van der Waals surface area (Å²) in [4.78, 5) is 11.8. The van der Waals surface area contributed by atoms with Crippen LogP contribution in [0.25, 0.3) is 0 Å².